The van der Waals surface area contributed by atoms with Crippen molar-refractivity contribution in [1.29, 1.82) is 0 Å². The number of carbonyl (C=O) groups excluding carboxylic acids is 1. The number of carbonyl (C=O) groups is 1. The lowest BCUT2D eigenvalue weighted by molar-refractivity contribution is -0.116. The van der Waals surface area contributed by atoms with Gasteiger partial charge in [0, 0.05) is 0 Å². The molecule has 0 saturated heterocycles. The molecule has 0 bridgehead atoms. The van der Waals surface area contributed by atoms with Gasteiger partial charge in [0.1, 0.15) is 5.76 Å². The Labute approximate surface area is 164 Å². The Kier molecular flexibility index (Phi) is 6.17. The molecular weight excluding hydrogens is 354 g/mol. The zero-order valence-electron chi connectivity index (χ0n) is 16.1. The van der Waals surface area contributed by atoms with Gasteiger partial charge in [0.25, 0.3) is 5.91 Å². The first-order valence-corrected chi connectivity index (χ1v) is 8.95. The lowest BCUT2D eigenvalue weighted by Crippen LogP contribution is -2.27. The average molecular weight is 377 g/mol. The third kappa shape index (κ3) is 4.43. The van der Waals surface area contributed by atoms with E-state index in [-0.39, 0.29) is 11.9 Å². The lowest BCUT2D eigenvalue weighted by atomic mass is 10.0. The molecule has 144 valence electrons. The van der Waals surface area contributed by atoms with E-state index in [4.69, 9.17) is 13.9 Å². The summed E-state index contributed by atoms with van der Waals surface area (Å²) in [6, 6.07) is 18.5. The van der Waals surface area contributed by atoms with Gasteiger partial charge < -0.3 is 19.2 Å². The van der Waals surface area contributed by atoms with Gasteiger partial charge in [-0.2, -0.15) is 0 Å². The monoisotopic (exact) mass is 377 g/mol. The molecule has 1 unspecified atom stereocenters. The van der Waals surface area contributed by atoms with Crippen molar-refractivity contribution < 1.29 is 18.7 Å². The first-order chi connectivity index (χ1) is 13.6. The third-order valence-corrected chi connectivity index (χ3v) is 4.41. The van der Waals surface area contributed by atoms with Crippen LogP contribution >= 0.6 is 0 Å². The summed E-state index contributed by atoms with van der Waals surface area (Å²) in [5, 5.41) is 3.05. The van der Waals surface area contributed by atoms with Crippen molar-refractivity contribution in [1.82, 2.24) is 5.32 Å². The second-order valence-corrected chi connectivity index (χ2v) is 6.25. The van der Waals surface area contributed by atoms with Crippen molar-refractivity contribution in [2.45, 2.75) is 13.0 Å². The van der Waals surface area contributed by atoms with Crippen molar-refractivity contribution in [3.8, 4) is 11.5 Å². The predicted octanol–water partition coefficient (Wildman–Crippen LogP) is 4.71. The van der Waals surface area contributed by atoms with Crippen LogP contribution in [-0.2, 0) is 4.79 Å². The average Bonchev–Trinajstić information content (AvgIpc) is 3.25. The summed E-state index contributed by atoms with van der Waals surface area (Å²) in [6.07, 6.45) is 3.32. The summed E-state index contributed by atoms with van der Waals surface area (Å²) in [5.41, 5.74) is 2.26. The van der Waals surface area contributed by atoms with Crippen LogP contribution in [0.25, 0.3) is 11.6 Å². The number of ether oxygens (including phenoxy) is 2. The molecule has 1 aromatic heterocycles. The molecule has 0 spiro atoms. The molecule has 1 heterocycles. The molecule has 1 N–H and O–H groups in total. The van der Waals surface area contributed by atoms with Gasteiger partial charge >= 0.3 is 0 Å². The van der Waals surface area contributed by atoms with E-state index in [2.05, 4.69) is 5.32 Å². The molecule has 28 heavy (non-hydrogen) atoms. The van der Waals surface area contributed by atoms with E-state index in [1.54, 1.807) is 32.6 Å². The highest BCUT2D eigenvalue weighted by molar-refractivity contribution is 6.24. The third-order valence-electron chi connectivity index (χ3n) is 4.41. The zero-order chi connectivity index (χ0) is 19.9. The van der Waals surface area contributed by atoms with Crippen LogP contribution in [0.2, 0.25) is 0 Å². The van der Waals surface area contributed by atoms with Crippen LogP contribution < -0.4 is 14.8 Å². The Morgan fingerprint density at radius 1 is 1.00 bits per heavy atom. The first-order valence-electron chi connectivity index (χ1n) is 8.95. The van der Waals surface area contributed by atoms with Crippen LogP contribution in [0.1, 0.15) is 29.9 Å². The van der Waals surface area contributed by atoms with Crippen molar-refractivity contribution in [3.63, 3.8) is 0 Å². The van der Waals surface area contributed by atoms with Gasteiger partial charge in [-0.15, -0.1) is 0 Å². The number of furan rings is 1. The van der Waals surface area contributed by atoms with Crippen LogP contribution in [0.15, 0.2) is 71.3 Å². The molecule has 0 aliphatic heterocycles. The normalized spacial score (nSPS) is 12.3. The number of hydrogen-bond acceptors (Lipinski definition) is 4. The summed E-state index contributed by atoms with van der Waals surface area (Å²) in [6.45, 7) is 1.93. The highest BCUT2D eigenvalue weighted by Gasteiger charge is 2.17. The molecule has 0 aliphatic carbocycles. The zero-order valence-corrected chi connectivity index (χ0v) is 16.1. The Morgan fingerprint density at radius 3 is 2.39 bits per heavy atom. The number of hydrogen-bond donors (Lipinski definition) is 1. The number of methoxy groups -OCH3 is 2. The van der Waals surface area contributed by atoms with Gasteiger partial charge in [0.2, 0.25) is 0 Å². The first kappa shape index (κ1) is 19.3. The molecular formula is C23H23NO4. The van der Waals surface area contributed by atoms with Crippen LogP contribution in [0.5, 0.6) is 11.5 Å². The fraction of sp³-hybridized carbons (Fsp3) is 0.174. The van der Waals surface area contributed by atoms with Crippen LogP contribution in [0.4, 0.5) is 0 Å². The van der Waals surface area contributed by atoms with Crippen molar-refractivity contribution >= 4 is 17.6 Å². The number of amides is 1. The maximum atomic E-state index is 13.1. The quantitative estimate of drug-likeness (QED) is 0.606. The molecule has 0 fully saturated rings. The summed E-state index contributed by atoms with van der Waals surface area (Å²) >= 11 is 0. The van der Waals surface area contributed by atoms with Crippen molar-refractivity contribution in [2.75, 3.05) is 14.2 Å². The fourth-order valence-electron chi connectivity index (χ4n) is 2.89. The molecule has 0 aliphatic rings. The topological polar surface area (TPSA) is 60.7 Å². The summed E-state index contributed by atoms with van der Waals surface area (Å²) < 4.78 is 16.0. The van der Waals surface area contributed by atoms with Gasteiger partial charge in [-0.3, -0.25) is 4.79 Å². The molecule has 3 aromatic rings. The number of nitrogens with one attached hydrogen (secondary N) is 1. The van der Waals surface area contributed by atoms with E-state index in [0.717, 1.165) is 11.1 Å². The minimum Gasteiger partial charge on any atom is -0.493 e. The predicted molar refractivity (Wildman–Crippen MR) is 109 cm³/mol. The molecule has 1 atom stereocenters. The minimum atomic E-state index is -0.226. The molecule has 0 saturated carbocycles. The second kappa shape index (κ2) is 8.95. The van der Waals surface area contributed by atoms with Gasteiger partial charge in [0.15, 0.2) is 11.5 Å². The number of benzene rings is 2. The maximum Gasteiger partial charge on any atom is 0.252 e. The van der Waals surface area contributed by atoms with Crippen LogP contribution in [0, 0.1) is 0 Å². The van der Waals surface area contributed by atoms with Gasteiger partial charge in [0.05, 0.1) is 32.1 Å². The highest BCUT2D eigenvalue weighted by Crippen LogP contribution is 2.30. The molecule has 2 aromatic carbocycles. The second-order valence-electron chi connectivity index (χ2n) is 6.25. The van der Waals surface area contributed by atoms with Crippen molar-refractivity contribution in [3.05, 3.63) is 83.8 Å². The maximum absolute atomic E-state index is 13.1. The van der Waals surface area contributed by atoms with E-state index in [1.165, 1.54) is 0 Å². The van der Waals surface area contributed by atoms with Crippen molar-refractivity contribution in [2.24, 2.45) is 0 Å². The summed E-state index contributed by atoms with van der Waals surface area (Å²) in [7, 11) is 3.18. The molecule has 1 amide bonds. The van der Waals surface area contributed by atoms with E-state index >= 15 is 0 Å². The largest absolute Gasteiger partial charge is 0.493 e. The minimum absolute atomic E-state index is 0.190. The van der Waals surface area contributed by atoms with E-state index in [9.17, 15) is 4.79 Å². The molecule has 5 heteroatoms. The standard InChI is InChI=1S/C23H23NO4/c1-16(18-11-12-21(26-2)22(14-18)27-3)24-23(25)20(15-19-10-7-13-28-19)17-8-5-4-6-9-17/h4-16H,1-3H3,(H,24,25)/b20-15+. The Morgan fingerprint density at radius 2 is 1.75 bits per heavy atom. The lowest BCUT2D eigenvalue weighted by Gasteiger charge is -2.18. The smallest absolute Gasteiger partial charge is 0.252 e. The van der Waals surface area contributed by atoms with Gasteiger partial charge in [-0.25, -0.2) is 0 Å². The summed E-state index contributed by atoms with van der Waals surface area (Å²) in [4.78, 5) is 13.1. The van der Waals surface area contributed by atoms with Gasteiger partial charge in [-0.05, 0) is 48.4 Å². The SMILES string of the molecule is COc1ccc(C(C)NC(=O)/C(=C/c2ccco2)c2ccccc2)cc1OC. The fourth-order valence-corrected chi connectivity index (χ4v) is 2.89. The van der Waals surface area contributed by atoms with Gasteiger partial charge in [-0.1, -0.05) is 36.4 Å². The molecule has 5 nitrogen and oxygen atoms in total. The summed E-state index contributed by atoms with van der Waals surface area (Å²) in [5.74, 6) is 1.70. The van der Waals surface area contributed by atoms with E-state index in [1.807, 2.05) is 61.5 Å². The molecule has 3 rings (SSSR count). The number of rotatable bonds is 7. The van der Waals surface area contributed by atoms with E-state index in [0.29, 0.717) is 22.8 Å². The van der Waals surface area contributed by atoms with Crippen LogP contribution in [-0.4, -0.2) is 20.1 Å². The van der Waals surface area contributed by atoms with Crippen LogP contribution in [0.3, 0.4) is 0 Å². The Balaban J connectivity index is 1.86. The Bertz CT molecular complexity index is 946. The highest BCUT2D eigenvalue weighted by atomic mass is 16.5. The Hall–Kier alpha value is -3.47. The molecule has 0 radical (unpaired) electrons. The van der Waals surface area contributed by atoms with E-state index < -0.39 is 0 Å².